The average Bonchev–Trinajstić information content (AvgIpc) is 3.15. The maximum atomic E-state index is 6.14. The molecule has 4 rings (SSSR count). The molecule has 1 atom stereocenters. The van der Waals surface area contributed by atoms with Crippen LogP contribution in [-0.2, 0) is 13.0 Å². The van der Waals surface area contributed by atoms with Crippen LogP contribution < -0.4 is 10.1 Å². The largest absolute Gasteiger partial charge is 0.457 e. The summed E-state index contributed by atoms with van der Waals surface area (Å²) < 4.78 is 8.23. The van der Waals surface area contributed by atoms with E-state index in [-0.39, 0.29) is 6.04 Å². The van der Waals surface area contributed by atoms with Gasteiger partial charge in [-0.05, 0) is 24.1 Å². The predicted octanol–water partition coefficient (Wildman–Crippen LogP) is 4.32. The number of hydrogen-bond acceptors (Lipinski definition) is 3. The first-order chi connectivity index (χ1) is 12.3. The molecule has 2 heterocycles. The van der Waals surface area contributed by atoms with Crippen LogP contribution in [0.2, 0.25) is 0 Å². The number of hydrogen-bond donors (Lipinski definition) is 1. The third kappa shape index (κ3) is 3.30. The van der Waals surface area contributed by atoms with Gasteiger partial charge in [0.05, 0.1) is 12.4 Å². The lowest BCUT2D eigenvalue weighted by molar-refractivity contribution is 0.424. The first-order valence-corrected chi connectivity index (χ1v) is 8.94. The lowest BCUT2D eigenvalue weighted by Gasteiger charge is -2.29. The maximum absolute atomic E-state index is 6.14. The van der Waals surface area contributed by atoms with Gasteiger partial charge in [-0.3, -0.25) is 0 Å². The standard InChI is InChI=1S/C21H23N3O/c1-2-5-16-8-9-20-18(14-16)21(17-6-3-4-7-19(17)25-20)23-11-13-24-12-10-22-15-24/h3-4,6-10,12,14-15,21,23H,2,5,11,13H2,1H3. The summed E-state index contributed by atoms with van der Waals surface area (Å²) in [6, 6.07) is 15.0. The third-order valence-electron chi connectivity index (χ3n) is 4.65. The number of fused-ring (bicyclic) bond motifs is 2. The summed E-state index contributed by atoms with van der Waals surface area (Å²) in [4.78, 5) is 4.11. The predicted molar refractivity (Wildman–Crippen MR) is 99.0 cm³/mol. The Kier molecular flexibility index (Phi) is 4.53. The van der Waals surface area contributed by atoms with Crippen LogP contribution in [0.25, 0.3) is 0 Å². The Morgan fingerprint density at radius 2 is 2.00 bits per heavy atom. The molecule has 0 bridgehead atoms. The SMILES string of the molecule is CCCc1ccc2c(c1)C(NCCn1ccnc1)c1ccccc1O2. The van der Waals surface area contributed by atoms with Gasteiger partial charge in [0.2, 0.25) is 0 Å². The van der Waals surface area contributed by atoms with E-state index in [4.69, 9.17) is 4.74 Å². The minimum Gasteiger partial charge on any atom is -0.457 e. The first-order valence-electron chi connectivity index (χ1n) is 8.94. The fourth-order valence-electron chi connectivity index (χ4n) is 3.44. The molecule has 1 N–H and O–H groups in total. The van der Waals surface area contributed by atoms with Crippen molar-refractivity contribution < 1.29 is 4.74 Å². The van der Waals surface area contributed by atoms with E-state index in [0.717, 1.165) is 37.4 Å². The van der Waals surface area contributed by atoms with Gasteiger partial charge in [-0.1, -0.05) is 43.7 Å². The number of rotatable bonds is 6. The zero-order valence-corrected chi connectivity index (χ0v) is 14.5. The van der Waals surface area contributed by atoms with Crippen molar-refractivity contribution in [3.8, 4) is 11.5 Å². The van der Waals surface area contributed by atoms with Gasteiger partial charge < -0.3 is 14.6 Å². The number of aromatic nitrogens is 2. The Balaban J connectivity index is 1.62. The van der Waals surface area contributed by atoms with Gasteiger partial charge in [0.25, 0.3) is 0 Å². The van der Waals surface area contributed by atoms with Crippen LogP contribution in [0.15, 0.2) is 61.2 Å². The molecule has 1 unspecified atom stereocenters. The Hall–Kier alpha value is -2.59. The molecule has 2 aromatic carbocycles. The topological polar surface area (TPSA) is 39.1 Å². The zero-order valence-electron chi connectivity index (χ0n) is 14.5. The highest BCUT2D eigenvalue weighted by atomic mass is 16.5. The van der Waals surface area contributed by atoms with E-state index in [2.05, 4.69) is 52.1 Å². The van der Waals surface area contributed by atoms with Crippen LogP contribution in [0.1, 0.15) is 36.1 Å². The number of para-hydroxylation sites is 1. The van der Waals surface area contributed by atoms with Crippen LogP contribution in [0.5, 0.6) is 11.5 Å². The minimum atomic E-state index is 0.153. The molecule has 0 spiro atoms. The van der Waals surface area contributed by atoms with Crippen molar-refractivity contribution in [2.45, 2.75) is 32.4 Å². The summed E-state index contributed by atoms with van der Waals surface area (Å²) in [6.45, 7) is 3.97. The molecule has 3 aromatic rings. The molecule has 1 aliphatic rings. The molecular weight excluding hydrogens is 310 g/mol. The van der Waals surface area contributed by atoms with Crippen molar-refractivity contribution in [1.29, 1.82) is 0 Å². The van der Waals surface area contributed by atoms with Crippen LogP contribution in [0.3, 0.4) is 0 Å². The van der Waals surface area contributed by atoms with Crippen LogP contribution in [-0.4, -0.2) is 16.1 Å². The fraction of sp³-hybridized carbons (Fsp3) is 0.286. The molecule has 0 radical (unpaired) electrons. The molecule has 0 fully saturated rings. The van der Waals surface area contributed by atoms with Gasteiger partial charge in [-0.2, -0.15) is 0 Å². The van der Waals surface area contributed by atoms with E-state index >= 15 is 0 Å². The second-order valence-corrected chi connectivity index (χ2v) is 6.45. The van der Waals surface area contributed by atoms with Gasteiger partial charge in [-0.25, -0.2) is 4.98 Å². The molecule has 0 saturated carbocycles. The highest BCUT2D eigenvalue weighted by Gasteiger charge is 2.26. The molecule has 128 valence electrons. The zero-order chi connectivity index (χ0) is 17.1. The van der Waals surface area contributed by atoms with Crippen molar-refractivity contribution in [2.24, 2.45) is 0 Å². The highest BCUT2D eigenvalue weighted by molar-refractivity contribution is 5.54. The van der Waals surface area contributed by atoms with E-state index in [9.17, 15) is 0 Å². The molecule has 0 saturated heterocycles. The van der Waals surface area contributed by atoms with E-state index in [0.29, 0.717) is 0 Å². The lowest BCUT2D eigenvalue weighted by Crippen LogP contribution is -2.28. The monoisotopic (exact) mass is 333 g/mol. The molecule has 0 aliphatic carbocycles. The quantitative estimate of drug-likeness (QED) is 0.730. The molecule has 4 heteroatoms. The Labute approximate surface area is 148 Å². The fourth-order valence-corrected chi connectivity index (χ4v) is 3.44. The Bertz CT molecular complexity index is 842. The van der Waals surface area contributed by atoms with Crippen molar-refractivity contribution in [2.75, 3.05) is 6.54 Å². The smallest absolute Gasteiger partial charge is 0.132 e. The summed E-state index contributed by atoms with van der Waals surface area (Å²) in [5, 5.41) is 3.71. The van der Waals surface area contributed by atoms with Crippen LogP contribution >= 0.6 is 0 Å². The summed E-state index contributed by atoms with van der Waals surface area (Å²) in [5.74, 6) is 1.90. The third-order valence-corrected chi connectivity index (χ3v) is 4.65. The van der Waals surface area contributed by atoms with E-state index in [1.165, 1.54) is 16.7 Å². The molecular formula is C21H23N3O. The van der Waals surface area contributed by atoms with Crippen molar-refractivity contribution >= 4 is 0 Å². The Morgan fingerprint density at radius 3 is 2.84 bits per heavy atom. The molecule has 25 heavy (non-hydrogen) atoms. The van der Waals surface area contributed by atoms with E-state index in [1.807, 2.05) is 30.9 Å². The number of nitrogens with one attached hydrogen (secondary N) is 1. The normalized spacial score (nSPS) is 15.3. The second kappa shape index (κ2) is 7.11. The van der Waals surface area contributed by atoms with Crippen molar-refractivity contribution in [1.82, 2.24) is 14.9 Å². The number of benzene rings is 2. The molecule has 1 aliphatic heterocycles. The molecule has 1 aromatic heterocycles. The second-order valence-electron chi connectivity index (χ2n) is 6.45. The number of ether oxygens (including phenoxy) is 1. The summed E-state index contributed by atoms with van der Waals surface area (Å²) in [5.41, 5.74) is 3.80. The van der Waals surface area contributed by atoms with E-state index < -0.39 is 0 Å². The van der Waals surface area contributed by atoms with Crippen molar-refractivity contribution in [3.63, 3.8) is 0 Å². The minimum absolute atomic E-state index is 0.153. The lowest BCUT2D eigenvalue weighted by atomic mass is 9.92. The number of aryl methyl sites for hydroxylation is 1. The summed E-state index contributed by atoms with van der Waals surface area (Å²) in [6.07, 6.45) is 7.90. The number of nitrogens with zero attached hydrogens (tertiary/aromatic N) is 2. The van der Waals surface area contributed by atoms with Crippen LogP contribution in [0, 0.1) is 0 Å². The highest BCUT2D eigenvalue weighted by Crippen LogP contribution is 2.43. The first kappa shape index (κ1) is 15.9. The summed E-state index contributed by atoms with van der Waals surface area (Å²) >= 11 is 0. The van der Waals surface area contributed by atoms with Gasteiger partial charge in [0.15, 0.2) is 0 Å². The van der Waals surface area contributed by atoms with E-state index in [1.54, 1.807) is 0 Å². The van der Waals surface area contributed by atoms with Gasteiger partial charge in [0.1, 0.15) is 11.5 Å². The number of imidazole rings is 1. The van der Waals surface area contributed by atoms with Crippen LogP contribution in [0.4, 0.5) is 0 Å². The average molecular weight is 333 g/mol. The Morgan fingerprint density at radius 1 is 1.12 bits per heavy atom. The summed E-state index contributed by atoms with van der Waals surface area (Å²) in [7, 11) is 0. The molecule has 4 nitrogen and oxygen atoms in total. The van der Waals surface area contributed by atoms with Gasteiger partial charge in [-0.15, -0.1) is 0 Å². The van der Waals surface area contributed by atoms with Crippen molar-refractivity contribution in [3.05, 3.63) is 77.9 Å². The molecule has 0 amide bonds. The van der Waals surface area contributed by atoms with Gasteiger partial charge >= 0.3 is 0 Å². The van der Waals surface area contributed by atoms with Gasteiger partial charge in [0, 0.05) is 36.6 Å². The maximum Gasteiger partial charge on any atom is 0.132 e.